The lowest BCUT2D eigenvalue weighted by Gasteiger charge is -2.29. The molecule has 0 aliphatic rings. The molecule has 1 atom stereocenters. The number of hydrogen-bond donors (Lipinski definition) is 1. The number of carbonyl (C=O) groups is 1. The predicted molar refractivity (Wildman–Crippen MR) is 66.9 cm³/mol. The number of benzene rings is 1. The Morgan fingerprint density at radius 1 is 1.47 bits per heavy atom. The molecular formula is C14H20O3. The molecular weight excluding hydrogens is 216 g/mol. The molecule has 0 heterocycles. The van der Waals surface area contributed by atoms with E-state index in [0.717, 1.165) is 5.56 Å². The minimum Gasteiger partial charge on any atom is -0.508 e. The van der Waals surface area contributed by atoms with Crippen molar-refractivity contribution in [2.45, 2.75) is 32.6 Å². The van der Waals surface area contributed by atoms with Crippen LogP contribution in [0.1, 0.15) is 32.8 Å². The summed E-state index contributed by atoms with van der Waals surface area (Å²) in [4.78, 5) is 12.0. The first-order valence-electron chi connectivity index (χ1n) is 5.78. The van der Waals surface area contributed by atoms with Crippen LogP contribution in [0, 0.1) is 5.92 Å². The van der Waals surface area contributed by atoms with E-state index in [1.807, 2.05) is 13.0 Å². The Morgan fingerprint density at radius 2 is 2.12 bits per heavy atom. The third-order valence-corrected chi connectivity index (χ3v) is 2.94. The molecule has 0 bridgehead atoms. The monoisotopic (exact) mass is 236 g/mol. The molecule has 0 amide bonds. The lowest BCUT2D eigenvalue weighted by molar-refractivity contribution is -0.147. The van der Waals surface area contributed by atoms with E-state index < -0.39 is 5.41 Å². The van der Waals surface area contributed by atoms with Gasteiger partial charge in [-0.1, -0.05) is 26.0 Å². The van der Waals surface area contributed by atoms with E-state index in [1.54, 1.807) is 18.2 Å². The lowest BCUT2D eigenvalue weighted by Crippen LogP contribution is -2.35. The van der Waals surface area contributed by atoms with Crippen LogP contribution in [0.25, 0.3) is 0 Å². The van der Waals surface area contributed by atoms with Gasteiger partial charge in [0.1, 0.15) is 5.75 Å². The van der Waals surface area contributed by atoms with Gasteiger partial charge in [0, 0.05) is 0 Å². The van der Waals surface area contributed by atoms with E-state index in [-0.39, 0.29) is 11.7 Å². The van der Waals surface area contributed by atoms with E-state index in [4.69, 9.17) is 4.74 Å². The fourth-order valence-electron chi connectivity index (χ4n) is 2.21. The Bertz CT molecular complexity index is 398. The van der Waals surface area contributed by atoms with Crippen molar-refractivity contribution in [3.05, 3.63) is 29.8 Å². The fraction of sp³-hybridized carbons (Fsp3) is 0.500. The molecule has 0 spiro atoms. The molecule has 0 saturated carbocycles. The summed E-state index contributed by atoms with van der Waals surface area (Å²) in [5.74, 6) is 0.264. The van der Waals surface area contributed by atoms with Gasteiger partial charge in [0.25, 0.3) is 0 Å². The summed E-state index contributed by atoms with van der Waals surface area (Å²) >= 11 is 0. The number of carbonyl (C=O) groups excluding carboxylic acids is 1. The first-order chi connectivity index (χ1) is 7.90. The smallest absolute Gasteiger partial charge is 0.316 e. The van der Waals surface area contributed by atoms with Crippen molar-refractivity contribution in [1.82, 2.24) is 0 Å². The summed E-state index contributed by atoms with van der Waals surface area (Å²) in [6.07, 6.45) is 0.684. The second-order valence-electron chi connectivity index (χ2n) is 4.97. The number of ether oxygens (including phenoxy) is 1. The zero-order valence-corrected chi connectivity index (χ0v) is 10.9. The average molecular weight is 236 g/mol. The summed E-state index contributed by atoms with van der Waals surface area (Å²) in [5, 5.41) is 9.51. The van der Waals surface area contributed by atoms with E-state index in [9.17, 15) is 9.90 Å². The van der Waals surface area contributed by atoms with Gasteiger partial charge in [0.05, 0.1) is 12.5 Å². The molecule has 17 heavy (non-hydrogen) atoms. The van der Waals surface area contributed by atoms with Crippen molar-refractivity contribution >= 4 is 5.97 Å². The van der Waals surface area contributed by atoms with Crippen LogP contribution in [0.2, 0.25) is 0 Å². The highest BCUT2D eigenvalue weighted by Gasteiger charge is 2.37. The molecule has 0 aliphatic heterocycles. The quantitative estimate of drug-likeness (QED) is 0.818. The Morgan fingerprint density at radius 3 is 2.59 bits per heavy atom. The zero-order valence-electron chi connectivity index (χ0n) is 10.9. The molecule has 1 N–H and O–H groups in total. The first-order valence-corrected chi connectivity index (χ1v) is 5.78. The summed E-state index contributed by atoms with van der Waals surface area (Å²) in [5.41, 5.74) is 0.0832. The van der Waals surface area contributed by atoms with Crippen LogP contribution in [0.3, 0.4) is 0 Å². The summed E-state index contributed by atoms with van der Waals surface area (Å²) in [7, 11) is 1.39. The zero-order chi connectivity index (χ0) is 13.1. The van der Waals surface area contributed by atoms with Gasteiger partial charge in [-0.05, 0) is 37.0 Å². The van der Waals surface area contributed by atoms with Gasteiger partial charge in [-0.25, -0.2) is 0 Å². The summed E-state index contributed by atoms with van der Waals surface area (Å²) < 4.78 is 4.89. The number of phenolic OH excluding ortho intramolecular Hbond substituents is 1. The summed E-state index contributed by atoms with van der Waals surface area (Å²) in [6.45, 7) is 5.97. The second-order valence-corrected chi connectivity index (χ2v) is 4.97. The highest BCUT2D eigenvalue weighted by Crippen LogP contribution is 2.33. The number of methoxy groups -OCH3 is 1. The Balaban J connectivity index is 3.18. The van der Waals surface area contributed by atoms with Crippen LogP contribution in [0.5, 0.6) is 5.75 Å². The van der Waals surface area contributed by atoms with Crippen molar-refractivity contribution < 1.29 is 14.6 Å². The van der Waals surface area contributed by atoms with Crippen molar-refractivity contribution in [1.29, 1.82) is 0 Å². The third kappa shape index (κ3) is 2.99. The van der Waals surface area contributed by atoms with Crippen LogP contribution >= 0.6 is 0 Å². The highest BCUT2D eigenvalue weighted by molar-refractivity contribution is 5.82. The molecule has 3 heteroatoms. The molecule has 1 aromatic carbocycles. The maximum absolute atomic E-state index is 12.0. The highest BCUT2D eigenvalue weighted by atomic mass is 16.5. The topological polar surface area (TPSA) is 46.5 Å². The third-order valence-electron chi connectivity index (χ3n) is 2.94. The second kappa shape index (κ2) is 5.21. The number of rotatable bonds is 4. The van der Waals surface area contributed by atoms with Crippen molar-refractivity contribution in [3.8, 4) is 5.75 Å². The van der Waals surface area contributed by atoms with Crippen molar-refractivity contribution in [3.63, 3.8) is 0 Å². The molecule has 94 valence electrons. The molecule has 3 nitrogen and oxygen atoms in total. The van der Waals surface area contributed by atoms with Crippen molar-refractivity contribution in [2.75, 3.05) is 7.11 Å². The lowest BCUT2D eigenvalue weighted by atomic mass is 9.76. The van der Waals surface area contributed by atoms with Gasteiger partial charge in [-0.3, -0.25) is 4.79 Å². The number of esters is 1. The SMILES string of the molecule is COC(=O)C(C)(CC(C)C)c1cccc(O)c1. The van der Waals surface area contributed by atoms with Crippen LogP contribution in [0.4, 0.5) is 0 Å². The molecule has 0 radical (unpaired) electrons. The Hall–Kier alpha value is -1.51. The molecule has 0 aliphatic carbocycles. The predicted octanol–water partition coefficient (Wildman–Crippen LogP) is 2.87. The maximum Gasteiger partial charge on any atom is 0.316 e. The summed E-state index contributed by atoms with van der Waals surface area (Å²) in [6, 6.07) is 6.81. The van der Waals surface area contributed by atoms with Crippen LogP contribution in [0.15, 0.2) is 24.3 Å². The van der Waals surface area contributed by atoms with Gasteiger partial charge >= 0.3 is 5.97 Å². The number of phenols is 1. The van der Waals surface area contributed by atoms with E-state index in [2.05, 4.69) is 13.8 Å². The molecule has 0 aromatic heterocycles. The molecule has 1 unspecified atom stereocenters. The maximum atomic E-state index is 12.0. The van der Waals surface area contributed by atoms with Crippen LogP contribution in [-0.2, 0) is 14.9 Å². The standard InChI is InChI=1S/C14H20O3/c1-10(2)9-14(3,13(16)17-4)11-6-5-7-12(15)8-11/h5-8,10,15H,9H2,1-4H3. The van der Waals surface area contributed by atoms with Crippen LogP contribution < -0.4 is 0 Å². The largest absolute Gasteiger partial charge is 0.508 e. The Labute approximate surface area is 102 Å². The minimum absolute atomic E-state index is 0.168. The van der Waals surface area contributed by atoms with E-state index in [1.165, 1.54) is 7.11 Å². The normalized spacial score (nSPS) is 14.4. The van der Waals surface area contributed by atoms with Crippen molar-refractivity contribution in [2.24, 2.45) is 5.92 Å². The van der Waals surface area contributed by atoms with E-state index >= 15 is 0 Å². The minimum atomic E-state index is -0.707. The van der Waals surface area contributed by atoms with Gasteiger partial charge in [-0.2, -0.15) is 0 Å². The number of hydrogen-bond acceptors (Lipinski definition) is 3. The Kier molecular flexibility index (Phi) is 4.16. The average Bonchev–Trinajstić information content (AvgIpc) is 2.26. The molecule has 1 aromatic rings. The van der Waals surface area contributed by atoms with Gasteiger partial charge in [0.2, 0.25) is 0 Å². The van der Waals surface area contributed by atoms with Crippen LogP contribution in [-0.4, -0.2) is 18.2 Å². The molecule has 0 fully saturated rings. The van der Waals surface area contributed by atoms with Gasteiger partial charge in [-0.15, -0.1) is 0 Å². The molecule has 1 rings (SSSR count). The first kappa shape index (κ1) is 13.6. The number of aromatic hydroxyl groups is 1. The molecule has 0 saturated heterocycles. The van der Waals surface area contributed by atoms with E-state index in [0.29, 0.717) is 12.3 Å². The van der Waals surface area contributed by atoms with Gasteiger partial charge in [0.15, 0.2) is 0 Å². The van der Waals surface area contributed by atoms with Gasteiger partial charge < -0.3 is 9.84 Å². The fourth-order valence-corrected chi connectivity index (χ4v) is 2.21.